The maximum absolute atomic E-state index is 13.3. The second-order valence-electron chi connectivity index (χ2n) is 3.19. The molecule has 0 atom stereocenters. The van der Waals surface area contributed by atoms with Crippen LogP contribution in [0.4, 0.5) is 4.39 Å². The second kappa shape index (κ2) is 5.56. The van der Waals surface area contributed by atoms with E-state index in [0.29, 0.717) is 12.3 Å². The van der Waals surface area contributed by atoms with Crippen molar-refractivity contribution < 1.29 is 13.9 Å². The summed E-state index contributed by atoms with van der Waals surface area (Å²) in [5.41, 5.74) is 6.34. The van der Waals surface area contributed by atoms with Gasteiger partial charge in [0.1, 0.15) is 5.75 Å². The third-order valence-corrected chi connectivity index (χ3v) is 2.21. The number of benzene rings is 1. The Labute approximate surface area is 89.0 Å². The Morgan fingerprint density at radius 1 is 1.20 bits per heavy atom. The van der Waals surface area contributed by atoms with Gasteiger partial charge in [0.15, 0.2) is 11.6 Å². The summed E-state index contributed by atoms with van der Waals surface area (Å²) in [6.07, 6.45) is 1.60. The molecular weight excluding hydrogens is 197 g/mol. The van der Waals surface area contributed by atoms with Crippen molar-refractivity contribution in [1.29, 1.82) is 0 Å². The molecule has 0 radical (unpaired) electrons. The van der Waals surface area contributed by atoms with Crippen LogP contribution in [0.1, 0.15) is 12.0 Å². The number of hydrogen-bond acceptors (Lipinski definition) is 3. The van der Waals surface area contributed by atoms with Gasteiger partial charge in [-0.2, -0.15) is 0 Å². The highest BCUT2D eigenvalue weighted by atomic mass is 19.1. The van der Waals surface area contributed by atoms with Gasteiger partial charge in [0.2, 0.25) is 0 Å². The molecule has 0 spiro atoms. The van der Waals surface area contributed by atoms with Crippen LogP contribution in [0.5, 0.6) is 11.5 Å². The minimum atomic E-state index is -0.411. The number of ether oxygens (including phenoxy) is 2. The fraction of sp³-hybridized carbons (Fsp3) is 0.455. The van der Waals surface area contributed by atoms with Crippen LogP contribution in [0.2, 0.25) is 0 Å². The van der Waals surface area contributed by atoms with Gasteiger partial charge in [-0.25, -0.2) is 4.39 Å². The summed E-state index contributed by atoms with van der Waals surface area (Å²) < 4.78 is 23.3. The topological polar surface area (TPSA) is 44.5 Å². The monoisotopic (exact) mass is 213 g/mol. The molecule has 1 aromatic carbocycles. The Hall–Kier alpha value is -1.29. The first-order chi connectivity index (χ1) is 7.22. The third-order valence-electron chi connectivity index (χ3n) is 2.21. The zero-order chi connectivity index (χ0) is 11.3. The lowest BCUT2D eigenvalue weighted by Crippen LogP contribution is -2.02. The van der Waals surface area contributed by atoms with Gasteiger partial charge in [0.05, 0.1) is 14.2 Å². The number of nitrogens with two attached hydrogens (primary N) is 1. The summed E-state index contributed by atoms with van der Waals surface area (Å²) in [6, 6.07) is 2.99. The predicted molar refractivity (Wildman–Crippen MR) is 56.9 cm³/mol. The van der Waals surface area contributed by atoms with Gasteiger partial charge in [-0.05, 0) is 31.0 Å². The van der Waals surface area contributed by atoms with Crippen LogP contribution in [0.3, 0.4) is 0 Å². The summed E-state index contributed by atoms with van der Waals surface area (Å²) >= 11 is 0. The summed E-state index contributed by atoms with van der Waals surface area (Å²) in [4.78, 5) is 0. The van der Waals surface area contributed by atoms with E-state index in [1.165, 1.54) is 20.3 Å². The average Bonchev–Trinajstić information content (AvgIpc) is 2.26. The Balaban J connectivity index is 2.99. The number of rotatable bonds is 5. The van der Waals surface area contributed by atoms with Gasteiger partial charge in [-0.3, -0.25) is 0 Å². The third kappa shape index (κ3) is 2.83. The van der Waals surface area contributed by atoms with Crippen LogP contribution >= 0.6 is 0 Å². The standard InChI is InChI=1S/C11H16FNO2/c1-14-10-7-9(12)11(15-2)6-8(10)4-3-5-13/h6-7H,3-5,13H2,1-2H3. The smallest absolute Gasteiger partial charge is 0.168 e. The average molecular weight is 213 g/mol. The fourth-order valence-electron chi connectivity index (χ4n) is 1.41. The van der Waals surface area contributed by atoms with Crippen molar-refractivity contribution in [3.8, 4) is 11.5 Å². The second-order valence-corrected chi connectivity index (χ2v) is 3.19. The van der Waals surface area contributed by atoms with Crippen LogP contribution in [0.25, 0.3) is 0 Å². The molecule has 4 heteroatoms. The largest absolute Gasteiger partial charge is 0.496 e. The van der Waals surface area contributed by atoms with Gasteiger partial charge >= 0.3 is 0 Å². The molecule has 0 fully saturated rings. The maximum Gasteiger partial charge on any atom is 0.168 e. The fourth-order valence-corrected chi connectivity index (χ4v) is 1.41. The molecule has 0 aliphatic heterocycles. The Bertz CT molecular complexity index is 329. The first-order valence-electron chi connectivity index (χ1n) is 4.83. The number of aryl methyl sites for hydroxylation is 1. The molecule has 0 bridgehead atoms. The first-order valence-corrected chi connectivity index (χ1v) is 4.83. The summed E-state index contributed by atoms with van der Waals surface area (Å²) in [7, 11) is 2.96. The van der Waals surface area contributed by atoms with E-state index in [-0.39, 0.29) is 5.75 Å². The number of methoxy groups -OCH3 is 2. The molecule has 0 amide bonds. The zero-order valence-corrected chi connectivity index (χ0v) is 9.05. The van der Waals surface area contributed by atoms with E-state index < -0.39 is 5.82 Å². The highest BCUT2D eigenvalue weighted by molar-refractivity contribution is 5.41. The van der Waals surface area contributed by atoms with Crippen molar-refractivity contribution in [2.75, 3.05) is 20.8 Å². The van der Waals surface area contributed by atoms with Crippen LogP contribution < -0.4 is 15.2 Å². The summed E-state index contributed by atoms with van der Waals surface area (Å²) in [6.45, 7) is 0.600. The van der Waals surface area contributed by atoms with Crippen LogP contribution in [-0.4, -0.2) is 20.8 Å². The molecule has 0 heterocycles. The van der Waals surface area contributed by atoms with E-state index in [1.54, 1.807) is 6.07 Å². The molecule has 84 valence electrons. The molecule has 0 saturated carbocycles. The molecule has 15 heavy (non-hydrogen) atoms. The lowest BCUT2D eigenvalue weighted by molar-refractivity contribution is 0.374. The molecule has 1 rings (SSSR count). The van der Waals surface area contributed by atoms with Crippen molar-refractivity contribution in [2.24, 2.45) is 5.73 Å². The van der Waals surface area contributed by atoms with Gasteiger partial charge in [-0.1, -0.05) is 0 Å². The molecule has 0 aromatic heterocycles. The Kier molecular flexibility index (Phi) is 4.37. The van der Waals surface area contributed by atoms with Gasteiger partial charge in [0, 0.05) is 6.07 Å². The van der Waals surface area contributed by atoms with E-state index in [0.717, 1.165) is 18.4 Å². The maximum atomic E-state index is 13.3. The molecule has 3 nitrogen and oxygen atoms in total. The van der Waals surface area contributed by atoms with Crippen LogP contribution in [0, 0.1) is 5.82 Å². The SMILES string of the molecule is COc1cc(CCCN)c(OC)cc1F. The van der Waals surface area contributed by atoms with Crippen LogP contribution in [-0.2, 0) is 6.42 Å². The van der Waals surface area contributed by atoms with E-state index in [2.05, 4.69) is 0 Å². The molecule has 0 unspecified atom stereocenters. The summed E-state index contributed by atoms with van der Waals surface area (Å²) in [5.74, 6) is 0.371. The molecule has 2 N–H and O–H groups in total. The van der Waals surface area contributed by atoms with Gasteiger partial charge in [0.25, 0.3) is 0 Å². The quantitative estimate of drug-likeness (QED) is 0.810. The molecule has 0 saturated heterocycles. The molecular formula is C11H16FNO2. The minimum absolute atomic E-state index is 0.239. The zero-order valence-electron chi connectivity index (χ0n) is 9.05. The molecule has 1 aromatic rings. The van der Waals surface area contributed by atoms with Crippen molar-refractivity contribution in [1.82, 2.24) is 0 Å². The van der Waals surface area contributed by atoms with Crippen LogP contribution in [0.15, 0.2) is 12.1 Å². The summed E-state index contributed by atoms with van der Waals surface area (Å²) in [5, 5.41) is 0. The van der Waals surface area contributed by atoms with Crippen molar-refractivity contribution in [3.05, 3.63) is 23.5 Å². The van der Waals surface area contributed by atoms with Gasteiger partial charge < -0.3 is 15.2 Å². The van der Waals surface area contributed by atoms with Crippen molar-refractivity contribution in [2.45, 2.75) is 12.8 Å². The predicted octanol–water partition coefficient (Wildman–Crippen LogP) is 1.73. The lowest BCUT2D eigenvalue weighted by Gasteiger charge is -2.10. The number of halogens is 1. The minimum Gasteiger partial charge on any atom is -0.496 e. The molecule has 0 aliphatic rings. The molecule has 0 aliphatic carbocycles. The van der Waals surface area contributed by atoms with E-state index in [1.807, 2.05) is 0 Å². The number of hydrogen-bond donors (Lipinski definition) is 1. The lowest BCUT2D eigenvalue weighted by atomic mass is 10.1. The van der Waals surface area contributed by atoms with Crippen molar-refractivity contribution in [3.63, 3.8) is 0 Å². The van der Waals surface area contributed by atoms with Crippen molar-refractivity contribution >= 4 is 0 Å². The van der Waals surface area contributed by atoms with E-state index >= 15 is 0 Å². The normalized spacial score (nSPS) is 10.1. The van der Waals surface area contributed by atoms with E-state index in [4.69, 9.17) is 15.2 Å². The highest BCUT2D eigenvalue weighted by Crippen LogP contribution is 2.28. The highest BCUT2D eigenvalue weighted by Gasteiger charge is 2.10. The van der Waals surface area contributed by atoms with Gasteiger partial charge in [-0.15, -0.1) is 0 Å². The Morgan fingerprint density at radius 3 is 2.40 bits per heavy atom. The first kappa shape index (κ1) is 11.8. The Morgan fingerprint density at radius 2 is 1.87 bits per heavy atom. The van der Waals surface area contributed by atoms with E-state index in [9.17, 15) is 4.39 Å².